The van der Waals surface area contributed by atoms with E-state index in [1.54, 1.807) is 10.4 Å². The monoisotopic (exact) mass is 585 g/mol. The third kappa shape index (κ3) is 6.71. The molecule has 0 aromatic heterocycles. The maximum absolute atomic E-state index is 15.1. The molecule has 1 aromatic rings. The van der Waals surface area contributed by atoms with E-state index in [1.165, 1.54) is 31.4 Å². The molecule has 0 radical (unpaired) electrons. The Labute approximate surface area is 246 Å². The first-order chi connectivity index (χ1) is 19.9. The lowest BCUT2D eigenvalue weighted by molar-refractivity contribution is -0.129. The van der Waals surface area contributed by atoms with E-state index in [1.807, 2.05) is 0 Å². The van der Waals surface area contributed by atoms with Crippen molar-refractivity contribution in [3.05, 3.63) is 29.6 Å². The van der Waals surface area contributed by atoms with Gasteiger partial charge in [-0.1, -0.05) is 13.8 Å². The minimum Gasteiger partial charge on any atom is -0.356 e. The van der Waals surface area contributed by atoms with E-state index in [2.05, 4.69) is 29.8 Å². The number of carbonyl (C=O) groups is 4. The largest absolute Gasteiger partial charge is 0.356 e. The number of anilines is 1. The van der Waals surface area contributed by atoms with Crippen LogP contribution in [0.15, 0.2) is 18.2 Å². The molecule has 6 rings (SSSR count). The van der Waals surface area contributed by atoms with Crippen molar-refractivity contribution in [2.24, 2.45) is 22.7 Å². The van der Waals surface area contributed by atoms with Crippen LogP contribution in [0.25, 0.3) is 0 Å². The third-order valence-corrected chi connectivity index (χ3v) is 9.80. The van der Waals surface area contributed by atoms with Crippen LogP contribution in [0.1, 0.15) is 94.8 Å². The zero-order valence-corrected chi connectivity index (χ0v) is 24.7. The number of likely N-dealkylation sites (tertiary alicyclic amines) is 1. The zero-order chi connectivity index (χ0) is 30.1. The molecule has 1 aliphatic heterocycles. The van der Waals surface area contributed by atoms with E-state index in [0.717, 1.165) is 25.3 Å². The molecule has 5 N–H and O–H groups in total. The highest BCUT2D eigenvalue weighted by atomic mass is 19.1. The highest BCUT2D eigenvalue weighted by Crippen LogP contribution is 2.66. The van der Waals surface area contributed by atoms with Gasteiger partial charge in [0.2, 0.25) is 11.8 Å². The van der Waals surface area contributed by atoms with Crippen molar-refractivity contribution in [1.82, 2.24) is 21.0 Å². The predicted molar refractivity (Wildman–Crippen MR) is 154 cm³/mol. The summed E-state index contributed by atoms with van der Waals surface area (Å²) >= 11 is 0. The van der Waals surface area contributed by atoms with Gasteiger partial charge in [0.05, 0.1) is 11.6 Å². The van der Waals surface area contributed by atoms with Crippen LogP contribution in [0, 0.1) is 28.5 Å². The quantitative estimate of drug-likeness (QED) is 0.167. The number of piperidine rings is 1. The van der Waals surface area contributed by atoms with Crippen LogP contribution < -0.4 is 21.4 Å². The highest BCUT2D eigenvalue weighted by molar-refractivity contribution is 5.96. The molecule has 5 amide bonds. The van der Waals surface area contributed by atoms with Gasteiger partial charge in [-0.3, -0.25) is 19.6 Å². The van der Waals surface area contributed by atoms with E-state index in [-0.39, 0.29) is 58.3 Å². The number of nitrogens with one attached hydrogen (secondary N) is 4. The molecule has 42 heavy (non-hydrogen) atoms. The topological polar surface area (TPSA) is 140 Å². The van der Waals surface area contributed by atoms with Crippen LogP contribution in [0.2, 0.25) is 0 Å². The molecule has 0 spiro atoms. The van der Waals surface area contributed by atoms with Gasteiger partial charge in [-0.25, -0.2) is 14.7 Å². The molecule has 4 aliphatic carbocycles. The Morgan fingerprint density at radius 3 is 2.45 bits per heavy atom. The van der Waals surface area contributed by atoms with Gasteiger partial charge < -0.3 is 20.9 Å². The minimum absolute atomic E-state index is 0.0265. The highest BCUT2D eigenvalue weighted by Gasteiger charge is 2.60. The van der Waals surface area contributed by atoms with Crippen LogP contribution in [0.3, 0.4) is 0 Å². The van der Waals surface area contributed by atoms with Gasteiger partial charge in [0.25, 0.3) is 5.91 Å². The van der Waals surface area contributed by atoms with E-state index >= 15 is 4.39 Å². The van der Waals surface area contributed by atoms with Gasteiger partial charge in [0.15, 0.2) is 0 Å². The Bertz CT molecular complexity index is 1220. The van der Waals surface area contributed by atoms with Crippen molar-refractivity contribution in [1.29, 1.82) is 0 Å². The number of carbonyl (C=O) groups excluding carboxylic acids is 4. The normalized spacial score (nSPS) is 31.4. The number of hydroxylamine groups is 1. The molecule has 4 saturated carbocycles. The molecule has 230 valence electrons. The molecule has 1 saturated heterocycles. The number of hydrogen-bond acceptors (Lipinski definition) is 5. The lowest BCUT2D eigenvalue weighted by Crippen LogP contribution is -2.65. The number of rotatable bonds is 9. The van der Waals surface area contributed by atoms with Crippen molar-refractivity contribution < 1.29 is 28.8 Å². The molecule has 1 heterocycles. The Hall–Kier alpha value is -3.21. The Balaban J connectivity index is 1.13. The summed E-state index contributed by atoms with van der Waals surface area (Å²) in [5.41, 5.74) is 2.00. The number of hydrogen-bond donors (Lipinski definition) is 5. The summed E-state index contributed by atoms with van der Waals surface area (Å²) in [7, 11) is 0. The minimum atomic E-state index is -0.679. The second-order valence-corrected chi connectivity index (χ2v) is 14.1. The summed E-state index contributed by atoms with van der Waals surface area (Å²) in [6.07, 6.45) is 9.10. The van der Waals surface area contributed by atoms with Crippen LogP contribution in [-0.2, 0) is 9.59 Å². The molecule has 4 bridgehead atoms. The fraction of sp³-hybridized carbons (Fsp3) is 0.677. The summed E-state index contributed by atoms with van der Waals surface area (Å²) in [5, 5.41) is 17.3. The van der Waals surface area contributed by atoms with Gasteiger partial charge in [0.1, 0.15) is 5.82 Å². The SMILES string of the molecule is C[C@]12CC3CC(NC(=O)Nc4ccc(C(=O)N5CCC[C@H](C(=O)NCCCCC(=O)NO)C5)cc4F)(C1)C[C@@](C)(C3)C2. The van der Waals surface area contributed by atoms with E-state index in [9.17, 15) is 19.2 Å². The van der Waals surface area contributed by atoms with Crippen LogP contribution >= 0.6 is 0 Å². The maximum atomic E-state index is 15.1. The van der Waals surface area contributed by atoms with Gasteiger partial charge in [-0.05, 0) is 99.2 Å². The molecule has 2 unspecified atom stereocenters. The van der Waals surface area contributed by atoms with E-state index < -0.39 is 17.8 Å². The molecular weight excluding hydrogens is 541 g/mol. The standard InChI is InChI=1S/C31H44FN5O5/c1-29-13-20-14-30(2,17-29)19-31(15-20,18-29)35-28(41)34-24-9-8-21(12-23(24)32)27(40)37-11-5-6-22(16-37)26(39)33-10-4-3-7-25(38)36-42/h8-9,12,20,22,42H,3-7,10-11,13-19H2,1-2H3,(H,33,39)(H,36,38)(H2,34,35,41)/t20?,22-,29-,30+,31?/m0/s1. The summed E-state index contributed by atoms with van der Waals surface area (Å²) in [5.74, 6) is -1.40. The summed E-state index contributed by atoms with van der Waals surface area (Å²) in [6, 6.07) is 3.68. The van der Waals surface area contributed by atoms with E-state index in [0.29, 0.717) is 44.7 Å². The number of halogens is 1. The van der Waals surface area contributed by atoms with Crippen molar-refractivity contribution in [3.63, 3.8) is 0 Å². The van der Waals surface area contributed by atoms with Crippen LogP contribution in [0.5, 0.6) is 0 Å². The van der Waals surface area contributed by atoms with Crippen molar-refractivity contribution in [2.75, 3.05) is 25.0 Å². The molecule has 5 atom stereocenters. The number of nitrogens with zero attached hydrogens (tertiary/aromatic N) is 1. The van der Waals surface area contributed by atoms with Crippen molar-refractivity contribution in [2.45, 2.75) is 90.0 Å². The summed E-state index contributed by atoms with van der Waals surface area (Å²) < 4.78 is 15.1. The first-order valence-electron chi connectivity index (χ1n) is 15.3. The Kier molecular flexibility index (Phi) is 8.51. The second kappa shape index (κ2) is 11.8. The Morgan fingerprint density at radius 2 is 1.79 bits per heavy atom. The number of benzene rings is 1. The molecular formula is C31H44FN5O5. The first-order valence-corrected chi connectivity index (χ1v) is 15.3. The van der Waals surface area contributed by atoms with Gasteiger partial charge in [0, 0.05) is 37.2 Å². The number of amides is 5. The molecule has 1 aromatic carbocycles. The second-order valence-electron chi connectivity index (χ2n) is 14.1. The van der Waals surface area contributed by atoms with Crippen molar-refractivity contribution in [3.8, 4) is 0 Å². The number of urea groups is 1. The lowest BCUT2D eigenvalue weighted by Gasteiger charge is -2.65. The van der Waals surface area contributed by atoms with Crippen molar-refractivity contribution >= 4 is 29.4 Å². The van der Waals surface area contributed by atoms with Crippen LogP contribution in [0.4, 0.5) is 14.9 Å². The number of unbranched alkanes of at least 4 members (excludes halogenated alkanes) is 1. The lowest BCUT2D eigenvalue weighted by atomic mass is 9.43. The zero-order valence-electron chi connectivity index (χ0n) is 24.7. The fourth-order valence-electron chi connectivity index (χ4n) is 9.11. The van der Waals surface area contributed by atoms with Gasteiger partial charge in [-0.15, -0.1) is 0 Å². The molecule has 5 aliphatic rings. The first kappa shape index (κ1) is 30.3. The maximum Gasteiger partial charge on any atom is 0.319 e. The third-order valence-electron chi connectivity index (χ3n) is 9.80. The van der Waals surface area contributed by atoms with Gasteiger partial charge >= 0.3 is 6.03 Å². The average Bonchev–Trinajstić information content (AvgIpc) is 2.91. The fourth-order valence-corrected chi connectivity index (χ4v) is 9.11. The molecule has 5 fully saturated rings. The summed E-state index contributed by atoms with van der Waals surface area (Å²) in [6.45, 7) is 5.78. The molecule has 10 nitrogen and oxygen atoms in total. The predicted octanol–water partition coefficient (Wildman–Crippen LogP) is 4.34. The van der Waals surface area contributed by atoms with Gasteiger partial charge in [-0.2, -0.15) is 0 Å². The average molecular weight is 586 g/mol. The smallest absolute Gasteiger partial charge is 0.319 e. The Morgan fingerprint density at radius 1 is 1.05 bits per heavy atom. The molecule has 11 heteroatoms. The summed E-state index contributed by atoms with van der Waals surface area (Å²) in [4.78, 5) is 51.5. The van der Waals surface area contributed by atoms with Crippen LogP contribution in [-0.4, -0.2) is 59.0 Å². The van der Waals surface area contributed by atoms with E-state index in [4.69, 9.17) is 5.21 Å².